The molecule has 5 nitrogen and oxygen atoms in total. The third-order valence-electron chi connectivity index (χ3n) is 6.73. The van der Waals surface area contributed by atoms with Gasteiger partial charge in [0.2, 0.25) is 0 Å². The molecule has 0 unspecified atom stereocenters. The molecule has 184 valence electrons. The summed E-state index contributed by atoms with van der Waals surface area (Å²) in [6, 6.07) is 31.4. The van der Waals surface area contributed by atoms with Gasteiger partial charge in [0.25, 0.3) is 0 Å². The van der Waals surface area contributed by atoms with Crippen LogP contribution in [0.15, 0.2) is 109 Å². The number of pyridine rings is 2. The molecule has 6 aromatic rings. The number of carbonyl (C=O) groups excluding carboxylic acids is 1. The van der Waals surface area contributed by atoms with Crippen LogP contribution in [0.25, 0.3) is 44.1 Å². The van der Waals surface area contributed by atoms with Crippen molar-refractivity contribution in [3.63, 3.8) is 0 Å². The van der Waals surface area contributed by atoms with Crippen molar-refractivity contribution >= 4 is 27.3 Å². The molecule has 0 amide bonds. The monoisotopic (exact) mass is 496 g/mol. The van der Waals surface area contributed by atoms with Crippen LogP contribution >= 0.6 is 0 Å². The van der Waals surface area contributed by atoms with Gasteiger partial charge in [-0.2, -0.15) is 0 Å². The van der Waals surface area contributed by atoms with Crippen molar-refractivity contribution in [2.24, 2.45) is 0 Å². The fraction of sp³-hybridized carbons (Fsp3) is 0.0606. The third kappa shape index (κ3) is 4.46. The summed E-state index contributed by atoms with van der Waals surface area (Å²) in [5.74, 6) is 1.56. The summed E-state index contributed by atoms with van der Waals surface area (Å²) >= 11 is 0. The van der Waals surface area contributed by atoms with E-state index in [1.807, 2.05) is 72.8 Å². The van der Waals surface area contributed by atoms with Gasteiger partial charge in [-0.25, -0.2) is 0 Å². The number of ether oxygens (including phenoxy) is 2. The van der Waals surface area contributed by atoms with Crippen LogP contribution < -0.4 is 9.47 Å². The van der Waals surface area contributed by atoms with E-state index < -0.39 is 0 Å². The number of hydrogen-bond acceptors (Lipinski definition) is 5. The molecule has 0 saturated heterocycles. The van der Waals surface area contributed by atoms with Crippen LogP contribution in [-0.4, -0.2) is 30.0 Å². The number of benzene rings is 4. The zero-order chi connectivity index (χ0) is 26.1. The van der Waals surface area contributed by atoms with Gasteiger partial charge in [-0.05, 0) is 82.2 Å². The summed E-state index contributed by atoms with van der Waals surface area (Å²) in [6.07, 6.45) is 3.36. The van der Waals surface area contributed by atoms with Crippen LogP contribution in [0.2, 0.25) is 0 Å². The molecule has 0 saturated carbocycles. The van der Waals surface area contributed by atoms with Gasteiger partial charge in [-0.3, -0.25) is 14.8 Å². The lowest BCUT2D eigenvalue weighted by atomic mass is 9.99. The molecule has 0 bridgehead atoms. The molecule has 0 aliphatic rings. The maximum Gasteiger partial charge on any atom is 0.193 e. The normalized spacial score (nSPS) is 11.0. The van der Waals surface area contributed by atoms with E-state index in [-0.39, 0.29) is 5.78 Å². The lowest BCUT2D eigenvalue weighted by Crippen LogP contribution is -2.03. The Hall–Kier alpha value is -5.03. The summed E-state index contributed by atoms with van der Waals surface area (Å²) in [6.45, 7) is 0. The van der Waals surface area contributed by atoms with Crippen molar-refractivity contribution in [1.29, 1.82) is 0 Å². The smallest absolute Gasteiger partial charge is 0.193 e. The summed E-state index contributed by atoms with van der Waals surface area (Å²) in [5.41, 5.74) is 4.53. The molecule has 0 atom stereocenters. The fourth-order valence-electron chi connectivity index (χ4n) is 4.65. The second-order valence-corrected chi connectivity index (χ2v) is 9.04. The van der Waals surface area contributed by atoms with Gasteiger partial charge in [0.1, 0.15) is 11.5 Å². The Labute approximate surface area is 220 Å². The van der Waals surface area contributed by atoms with Gasteiger partial charge < -0.3 is 9.47 Å². The molecule has 2 aromatic heterocycles. The number of hydrogen-bond donors (Lipinski definition) is 0. The Balaban J connectivity index is 1.31. The van der Waals surface area contributed by atoms with Crippen molar-refractivity contribution in [3.05, 3.63) is 121 Å². The first kappa shape index (κ1) is 23.4. The van der Waals surface area contributed by atoms with Crippen molar-refractivity contribution in [2.45, 2.75) is 0 Å². The maximum atomic E-state index is 13.5. The quantitative estimate of drug-likeness (QED) is 0.225. The van der Waals surface area contributed by atoms with Gasteiger partial charge in [0, 0.05) is 34.6 Å². The van der Waals surface area contributed by atoms with Crippen LogP contribution in [0, 0.1) is 0 Å². The zero-order valence-electron chi connectivity index (χ0n) is 21.0. The Morgan fingerprint density at radius 3 is 1.39 bits per heavy atom. The SMILES string of the molecule is COc1ccc2cc(-c3cc(C(=O)c4ccnc(-c5ccc6cc(OC)ccc6c5)c4)ccn3)ccc2c1. The highest BCUT2D eigenvalue weighted by atomic mass is 16.5. The lowest BCUT2D eigenvalue weighted by Gasteiger charge is -2.09. The number of fused-ring (bicyclic) bond motifs is 2. The lowest BCUT2D eigenvalue weighted by molar-refractivity contribution is 0.103. The first-order valence-corrected chi connectivity index (χ1v) is 12.2. The highest BCUT2D eigenvalue weighted by Gasteiger charge is 2.13. The van der Waals surface area contributed by atoms with E-state index in [4.69, 9.17) is 9.47 Å². The number of ketones is 1. The molecule has 38 heavy (non-hydrogen) atoms. The average Bonchev–Trinajstić information content (AvgIpc) is 2.99. The number of nitrogens with zero attached hydrogens (tertiary/aromatic N) is 2. The standard InChI is InChI=1S/C33H24N2O3/c1-37-29-9-7-21-15-25(5-3-23(21)17-29)31-19-27(11-13-34-31)33(36)28-12-14-35-32(20-28)26-6-4-24-18-30(38-2)10-8-22(24)16-26/h3-20H,1-2H3. The van der Waals surface area contributed by atoms with E-state index in [0.717, 1.165) is 55.6 Å². The van der Waals surface area contributed by atoms with Crippen LogP contribution in [0.5, 0.6) is 11.5 Å². The molecule has 0 N–H and O–H groups in total. The number of methoxy groups -OCH3 is 2. The molecule has 0 spiro atoms. The molecule has 0 aliphatic carbocycles. The summed E-state index contributed by atoms with van der Waals surface area (Å²) in [5, 5.41) is 4.32. The van der Waals surface area contributed by atoms with E-state index in [0.29, 0.717) is 11.1 Å². The predicted octanol–water partition coefficient (Wildman–Crippen LogP) is 7.37. The molecule has 5 heteroatoms. The zero-order valence-corrected chi connectivity index (χ0v) is 21.0. The Morgan fingerprint density at radius 1 is 0.526 bits per heavy atom. The highest BCUT2D eigenvalue weighted by molar-refractivity contribution is 6.10. The Bertz CT molecular complexity index is 1690. The second kappa shape index (κ2) is 9.79. The Morgan fingerprint density at radius 2 is 0.947 bits per heavy atom. The minimum atomic E-state index is -0.0756. The highest BCUT2D eigenvalue weighted by Crippen LogP contribution is 2.29. The molecule has 0 aliphatic heterocycles. The van der Waals surface area contributed by atoms with Crippen LogP contribution in [0.1, 0.15) is 15.9 Å². The number of carbonyl (C=O) groups is 1. The van der Waals surface area contributed by atoms with Crippen molar-refractivity contribution in [2.75, 3.05) is 14.2 Å². The van der Waals surface area contributed by atoms with Crippen molar-refractivity contribution in [3.8, 4) is 34.0 Å². The topological polar surface area (TPSA) is 61.3 Å². The van der Waals surface area contributed by atoms with Crippen LogP contribution in [-0.2, 0) is 0 Å². The molecule has 0 radical (unpaired) electrons. The molecule has 4 aromatic carbocycles. The summed E-state index contributed by atoms with van der Waals surface area (Å²) in [4.78, 5) is 22.6. The van der Waals surface area contributed by atoms with Crippen molar-refractivity contribution < 1.29 is 14.3 Å². The molecule has 6 rings (SSSR count). The average molecular weight is 497 g/mol. The fourth-order valence-corrected chi connectivity index (χ4v) is 4.65. The Kier molecular flexibility index (Phi) is 6.02. The number of aromatic nitrogens is 2. The van der Waals surface area contributed by atoms with E-state index in [1.165, 1.54) is 0 Å². The molecular weight excluding hydrogens is 472 g/mol. The van der Waals surface area contributed by atoms with Gasteiger partial charge >= 0.3 is 0 Å². The minimum absolute atomic E-state index is 0.0756. The predicted molar refractivity (Wildman–Crippen MR) is 151 cm³/mol. The van der Waals surface area contributed by atoms with Crippen LogP contribution in [0.3, 0.4) is 0 Å². The molecule has 0 fully saturated rings. The van der Waals surface area contributed by atoms with Gasteiger partial charge in [-0.1, -0.05) is 36.4 Å². The van der Waals surface area contributed by atoms with E-state index in [9.17, 15) is 4.79 Å². The first-order valence-electron chi connectivity index (χ1n) is 12.2. The van der Waals surface area contributed by atoms with Gasteiger partial charge in [0.15, 0.2) is 5.78 Å². The molecule has 2 heterocycles. The van der Waals surface area contributed by atoms with E-state index in [2.05, 4.69) is 22.1 Å². The second-order valence-electron chi connectivity index (χ2n) is 9.04. The summed E-state index contributed by atoms with van der Waals surface area (Å²) < 4.78 is 10.7. The van der Waals surface area contributed by atoms with Crippen molar-refractivity contribution in [1.82, 2.24) is 9.97 Å². The number of rotatable bonds is 6. The molecular formula is C33H24N2O3. The van der Waals surface area contributed by atoms with Gasteiger partial charge in [0.05, 0.1) is 25.6 Å². The maximum absolute atomic E-state index is 13.5. The minimum Gasteiger partial charge on any atom is -0.497 e. The van der Waals surface area contributed by atoms with E-state index >= 15 is 0 Å². The van der Waals surface area contributed by atoms with Gasteiger partial charge in [-0.15, -0.1) is 0 Å². The third-order valence-corrected chi connectivity index (χ3v) is 6.73. The first-order chi connectivity index (χ1) is 18.6. The van der Waals surface area contributed by atoms with Crippen LogP contribution in [0.4, 0.5) is 0 Å². The van der Waals surface area contributed by atoms with E-state index in [1.54, 1.807) is 38.7 Å². The largest absolute Gasteiger partial charge is 0.497 e. The summed E-state index contributed by atoms with van der Waals surface area (Å²) in [7, 11) is 3.32.